The van der Waals surface area contributed by atoms with Gasteiger partial charge in [0.2, 0.25) is 0 Å². The van der Waals surface area contributed by atoms with Gasteiger partial charge in [0.05, 0.1) is 19.8 Å². The van der Waals surface area contributed by atoms with Crippen molar-refractivity contribution in [3.8, 4) is 0 Å². The molecule has 0 aromatic carbocycles. The van der Waals surface area contributed by atoms with Crippen LogP contribution >= 0.6 is 0 Å². The van der Waals surface area contributed by atoms with Crippen LogP contribution in [0.2, 0.25) is 0 Å². The summed E-state index contributed by atoms with van der Waals surface area (Å²) in [5.74, 6) is 0. The van der Waals surface area contributed by atoms with Gasteiger partial charge >= 0.3 is 0 Å². The lowest BCUT2D eigenvalue weighted by Gasteiger charge is -2.15. The summed E-state index contributed by atoms with van der Waals surface area (Å²) in [5, 5.41) is 20.3. The number of rotatable bonds is 9. The molecule has 0 radical (unpaired) electrons. The molecular formula is C9H21NO3. The van der Waals surface area contributed by atoms with Gasteiger partial charge in [0.25, 0.3) is 0 Å². The van der Waals surface area contributed by atoms with Crippen LogP contribution < -0.4 is 5.32 Å². The average molecular weight is 191 g/mol. The zero-order valence-corrected chi connectivity index (χ0v) is 8.33. The van der Waals surface area contributed by atoms with E-state index >= 15 is 0 Å². The fourth-order valence-corrected chi connectivity index (χ4v) is 1.11. The minimum atomic E-state index is 0.0842. The number of ether oxygens (including phenoxy) is 1. The van der Waals surface area contributed by atoms with Gasteiger partial charge in [0.1, 0.15) is 0 Å². The molecule has 0 aromatic rings. The predicted octanol–water partition coefficient (Wildman–Crippen LogP) is -0.254. The van der Waals surface area contributed by atoms with Crippen molar-refractivity contribution in [1.82, 2.24) is 5.32 Å². The molecule has 3 N–H and O–H groups in total. The van der Waals surface area contributed by atoms with Crippen molar-refractivity contribution >= 4 is 0 Å². The highest BCUT2D eigenvalue weighted by Crippen LogP contribution is 1.97. The van der Waals surface area contributed by atoms with E-state index in [1.807, 2.05) is 0 Å². The van der Waals surface area contributed by atoms with Crippen LogP contribution in [0.1, 0.15) is 19.8 Å². The van der Waals surface area contributed by atoms with E-state index in [1.54, 1.807) is 0 Å². The largest absolute Gasteiger partial charge is 0.395 e. The Balaban J connectivity index is 3.25. The van der Waals surface area contributed by atoms with Gasteiger partial charge in [-0.15, -0.1) is 0 Å². The van der Waals surface area contributed by atoms with Crippen LogP contribution in [-0.4, -0.2) is 49.2 Å². The lowest BCUT2D eigenvalue weighted by Crippen LogP contribution is -2.32. The molecule has 4 heteroatoms. The smallest absolute Gasteiger partial charge is 0.0697 e. The van der Waals surface area contributed by atoms with E-state index in [-0.39, 0.29) is 13.2 Å². The Bertz CT molecular complexity index is 101. The highest BCUT2D eigenvalue weighted by molar-refractivity contribution is 4.63. The van der Waals surface area contributed by atoms with E-state index in [4.69, 9.17) is 14.9 Å². The summed E-state index contributed by atoms with van der Waals surface area (Å²) in [4.78, 5) is 0. The molecule has 0 saturated carbocycles. The quantitative estimate of drug-likeness (QED) is 0.440. The van der Waals surface area contributed by atoms with Crippen LogP contribution in [0, 0.1) is 0 Å². The normalized spacial score (nSPS) is 13.2. The Morgan fingerprint density at radius 2 is 2.00 bits per heavy atom. The molecule has 0 spiro atoms. The fraction of sp³-hybridized carbons (Fsp3) is 1.00. The van der Waals surface area contributed by atoms with Gasteiger partial charge in [-0.3, -0.25) is 0 Å². The summed E-state index contributed by atoms with van der Waals surface area (Å²) in [7, 11) is 0. The minimum Gasteiger partial charge on any atom is -0.395 e. The Hall–Kier alpha value is -0.160. The summed E-state index contributed by atoms with van der Waals surface area (Å²) >= 11 is 0. The summed E-state index contributed by atoms with van der Waals surface area (Å²) in [6.45, 7) is 4.07. The molecule has 0 saturated heterocycles. The van der Waals surface area contributed by atoms with Crippen LogP contribution in [-0.2, 0) is 4.74 Å². The van der Waals surface area contributed by atoms with Crippen molar-refractivity contribution < 1.29 is 14.9 Å². The number of hydrogen-bond donors (Lipinski definition) is 3. The maximum atomic E-state index is 8.59. The lowest BCUT2D eigenvalue weighted by molar-refractivity contribution is 0.0851. The van der Waals surface area contributed by atoms with Crippen molar-refractivity contribution in [2.24, 2.45) is 0 Å². The molecule has 0 aliphatic carbocycles. The Morgan fingerprint density at radius 3 is 2.54 bits per heavy atom. The molecule has 0 rings (SSSR count). The predicted molar refractivity (Wildman–Crippen MR) is 51.7 cm³/mol. The SMILES string of the molecule is CCC(CCOCCO)NCCO. The molecule has 0 aliphatic heterocycles. The average Bonchev–Trinajstić information content (AvgIpc) is 2.17. The molecule has 0 fully saturated rings. The lowest BCUT2D eigenvalue weighted by atomic mass is 10.1. The van der Waals surface area contributed by atoms with E-state index in [2.05, 4.69) is 12.2 Å². The van der Waals surface area contributed by atoms with Gasteiger partial charge in [-0.05, 0) is 12.8 Å². The number of hydrogen-bond acceptors (Lipinski definition) is 4. The van der Waals surface area contributed by atoms with Crippen LogP contribution in [0.15, 0.2) is 0 Å². The summed E-state index contributed by atoms with van der Waals surface area (Å²) in [6.07, 6.45) is 1.96. The van der Waals surface area contributed by atoms with E-state index in [1.165, 1.54) is 0 Å². The van der Waals surface area contributed by atoms with E-state index in [9.17, 15) is 0 Å². The van der Waals surface area contributed by atoms with Crippen LogP contribution in [0.25, 0.3) is 0 Å². The zero-order chi connectivity index (χ0) is 9.94. The molecular weight excluding hydrogens is 170 g/mol. The van der Waals surface area contributed by atoms with Crippen LogP contribution in [0.5, 0.6) is 0 Å². The molecule has 13 heavy (non-hydrogen) atoms. The fourth-order valence-electron chi connectivity index (χ4n) is 1.11. The highest BCUT2D eigenvalue weighted by Gasteiger charge is 2.03. The standard InChI is InChI=1S/C9H21NO3/c1-2-9(10-4-5-11)3-7-13-8-6-12/h9-12H,2-8H2,1H3. The van der Waals surface area contributed by atoms with Gasteiger partial charge < -0.3 is 20.3 Å². The maximum Gasteiger partial charge on any atom is 0.0697 e. The van der Waals surface area contributed by atoms with Crippen molar-refractivity contribution in [2.75, 3.05) is 33.0 Å². The zero-order valence-electron chi connectivity index (χ0n) is 8.33. The number of nitrogens with one attached hydrogen (secondary N) is 1. The van der Waals surface area contributed by atoms with Crippen LogP contribution in [0.4, 0.5) is 0 Å². The first-order valence-corrected chi connectivity index (χ1v) is 4.88. The molecule has 1 unspecified atom stereocenters. The number of aliphatic hydroxyl groups excluding tert-OH is 2. The van der Waals surface area contributed by atoms with Crippen molar-refractivity contribution in [2.45, 2.75) is 25.8 Å². The van der Waals surface area contributed by atoms with Crippen LogP contribution in [0.3, 0.4) is 0 Å². The van der Waals surface area contributed by atoms with Crippen molar-refractivity contribution in [3.05, 3.63) is 0 Å². The molecule has 4 nitrogen and oxygen atoms in total. The Morgan fingerprint density at radius 1 is 1.23 bits per heavy atom. The number of aliphatic hydroxyl groups is 2. The second-order valence-corrected chi connectivity index (χ2v) is 2.91. The molecule has 1 atom stereocenters. The third-order valence-electron chi connectivity index (χ3n) is 1.88. The van der Waals surface area contributed by atoms with E-state index < -0.39 is 0 Å². The topological polar surface area (TPSA) is 61.7 Å². The Kier molecular flexibility index (Phi) is 9.80. The van der Waals surface area contributed by atoms with E-state index in [0.29, 0.717) is 25.8 Å². The molecule has 0 bridgehead atoms. The third kappa shape index (κ3) is 8.18. The summed E-state index contributed by atoms with van der Waals surface area (Å²) in [6, 6.07) is 0.408. The molecule has 0 aromatic heterocycles. The van der Waals surface area contributed by atoms with Crippen molar-refractivity contribution in [1.29, 1.82) is 0 Å². The van der Waals surface area contributed by atoms with Gasteiger partial charge in [0, 0.05) is 19.2 Å². The maximum absolute atomic E-state index is 8.59. The second kappa shape index (κ2) is 9.92. The first kappa shape index (κ1) is 12.8. The van der Waals surface area contributed by atoms with Gasteiger partial charge in [-0.1, -0.05) is 6.92 Å². The van der Waals surface area contributed by atoms with Crippen molar-refractivity contribution in [3.63, 3.8) is 0 Å². The minimum absolute atomic E-state index is 0.0842. The molecule has 0 amide bonds. The first-order chi connectivity index (χ1) is 6.35. The molecule has 80 valence electrons. The van der Waals surface area contributed by atoms with E-state index in [0.717, 1.165) is 12.8 Å². The summed E-state index contributed by atoms with van der Waals surface area (Å²) in [5.41, 5.74) is 0. The van der Waals surface area contributed by atoms with Gasteiger partial charge in [-0.2, -0.15) is 0 Å². The first-order valence-electron chi connectivity index (χ1n) is 4.88. The third-order valence-corrected chi connectivity index (χ3v) is 1.88. The Labute approximate surface area is 79.9 Å². The van der Waals surface area contributed by atoms with Gasteiger partial charge in [-0.25, -0.2) is 0 Å². The summed E-state index contributed by atoms with van der Waals surface area (Å²) < 4.78 is 5.14. The molecule has 0 aliphatic rings. The van der Waals surface area contributed by atoms with Gasteiger partial charge in [0.15, 0.2) is 0 Å². The second-order valence-electron chi connectivity index (χ2n) is 2.91. The highest BCUT2D eigenvalue weighted by atomic mass is 16.5. The monoisotopic (exact) mass is 191 g/mol. The molecule has 0 heterocycles.